The number of rotatable bonds is 6. The normalized spacial score (nSPS) is 27.3. The van der Waals surface area contributed by atoms with Crippen molar-refractivity contribution in [2.45, 2.75) is 77.0 Å². The van der Waals surface area contributed by atoms with Gasteiger partial charge in [-0.1, -0.05) is 49.2 Å². The van der Waals surface area contributed by atoms with Crippen LogP contribution in [-0.2, 0) is 16.1 Å². The van der Waals surface area contributed by atoms with E-state index < -0.39 is 23.8 Å². The molecular weight excluding hydrogens is 564 g/mol. The smallest absolute Gasteiger partial charge is 0.262 e. The first-order chi connectivity index (χ1) is 20.6. The molecule has 7 rings (SSSR count). The molecule has 1 N–H and O–H groups in total. The lowest BCUT2D eigenvalue weighted by molar-refractivity contribution is -0.136. The number of carbonyl (C=O) groups is 4. The van der Waals surface area contributed by atoms with Crippen LogP contribution >= 0.6 is 11.6 Å². The van der Waals surface area contributed by atoms with E-state index in [1.165, 1.54) is 17.6 Å². The molecule has 0 radical (unpaired) electrons. The summed E-state index contributed by atoms with van der Waals surface area (Å²) < 4.78 is 0. The van der Waals surface area contributed by atoms with Gasteiger partial charge in [0.25, 0.3) is 11.8 Å². The number of amides is 4. The maximum Gasteiger partial charge on any atom is 0.262 e. The molecule has 2 aromatic rings. The molecule has 4 amide bonds. The maximum absolute atomic E-state index is 13.3. The standard InChI is InChI=1S/C34H37ClN4O4/c1-34(2)12-11-22(28(15-34)21-4-6-23(35)7-5-21)17-38-19-24-14-25(38)18-37(24)16-20-3-8-26-27(13-20)33(43)39(32(26)42)29-9-10-30(40)36-31(29)41/h3-8,13,24-25,29H,9-12,14-19H2,1-2H3,(H,36,40,41)/t24-,25-,29?/m1/s1. The lowest BCUT2D eigenvalue weighted by Gasteiger charge is -2.38. The van der Waals surface area contributed by atoms with Crippen LogP contribution in [-0.4, -0.2) is 76.1 Å². The third-order valence-electron chi connectivity index (χ3n) is 10.1. The third-order valence-corrected chi connectivity index (χ3v) is 10.4. The molecule has 3 atom stereocenters. The van der Waals surface area contributed by atoms with Crippen molar-refractivity contribution < 1.29 is 19.2 Å². The number of halogens is 1. The van der Waals surface area contributed by atoms with Gasteiger partial charge < -0.3 is 0 Å². The Morgan fingerprint density at radius 2 is 1.58 bits per heavy atom. The zero-order valence-electron chi connectivity index (χ0n) is 24.7. The first-order valence-corrected chi connectivity index (χ1v) is 15.7. The average molecular weight is 601 g/mol. The van der Waals surface area contributed by atoms with Crippen LogP contribution < -0.4 is 5.32 Å². The lowest BCUT2D eigenvalue weighted by atomic mass is 9.72. The van der Waals surface area contributed by atoms with Gasteiger partial charge in [0.05, 0.1) is 11.1 Å². The Bertz CT molecular complexity index is 1560. The number of carbonyl (C=O) groups excluding carboxylic acids is 4. The van der Waals surface area contributed by atoms with Crippen LogP contribution in [0.3, 0.4) is 0 Å². The highest BCUT2D eigenvalue weighted by molar-refractivity contribution is 6.30. The molecule has 4 heterocycles. The van der Waals surface area contributed by atoms with E-state index in [9.17, 15) is 19.2 Å². The van der Waals surface area contributed by atoms with Crippen LogP contribution in [0, 0.1) is 5.41 Å². The van der Waals surface area contributed by atoms with Gasteiger partial charge in [-0.25, -0.2) is 0 Å². The summed E-state index contributed by atoms with van der Waals surface area (Å²) in [5.74, 6) is -1.88. The molecule has 0 spiro atoms. The molecule has 0 aromatic heterocycles. The van der Waals surface area contributed by atoms with Gasteiger partial charge in [0.2, 0.25) is 11.8 Å². The molecule has 1 aliphatic carbocycles. The van der Waals surface area contributed by atoms with Crippen molar-refractivity contribution in [1.82, 2.24) is 20.0 Å². The van der Waals surface area contributed by atoms with Crippen LogP contribution in [0.15, 0.2) is 48.0 Å². The van der Waals surface area contributed by atoms with Gasteiger partial charge >= 0.3 is 0 Å². The van der Waals surface area contributed by atoms with E-state index in [-0.39, 0.29) is 18.7 Å². The first kappa shape index (κ1) is 28.4. The Hall–Kier alpha value is -3.33. The van der Waals surface area contributed by atoms with E-state index in [0.717, 1.165) is 60.9 Å². The highest BCUT2D eigenvalue weighted by Crippen LogP contribution is 2.44. The minimum atomic E-state index is -0.945. The fraction of sp³-hybridized carbons (Fsp3) is 0.471. The Labute approximate surface area is 257 Å². The zero-order valence-corrected chi connectivity index (χ0v) is 25.5. The monoisotopic (exact) mass is 600 g/mol. The summed E-state index contributed by atoms with van der Waals surface area (Å²) in [7, 11) is 0. The van der Waals surface area contributed by atoms with E-state index in [4.69, 9.17) is 11.6 Å². The summed E-state index contributed by atoms with van der Waals surface area (Å²) in [6.45, 7) is 8.46. The number of nitrogens with zero attached hydrogens (tertiary/aromatic N) is 3. The van der Waals surface area contributed by atoms with Crippen LogP contribution in [0.5, 0.6) is 0 Å². The number of allylic oxidation sites excluding steroid dienone is 1. The van der Waals surface area contributed by atoms with E-state index in [1.54, 1.807) is 11.6 Å². The van der Waals surface area contributed by atoms with Crippen molar-refractivity contribution in [1.29, 1.82) is 0 Å². The van der Waals surface area contributed by atoms with E-state index >= 15 is 0 Å². The fourth-order valence-corrected chi connectivity index (χ4v) is 7.91. The Morgan fingerprint density at radius 3 is 2.28 bits per heavy atom. The number of hydrogen-bond acceptors (Lipinski definition) is 6. The highest BCUT2D eigenvalue weighted by atomic mass is 35.5. The van der Waals surface area contributed by atoms with E-state index in [0.29, 0.717) is 28.6 Å². The summed E-state index contributed by atoms with van der Waals surface area (Å²) in [6.07, 6.45) is 4.82. The second kappa shape index (κ2) is 10.7. The fourth-order valence-electron chi connectivity index (χ4n) is 7.78. The van der Waals surface area contributed by atoms with Crippen LogP contribution in [0.1, 0.15) is 84.2 Å². The Balaban J connectivity index is 1.03. The molecule has 43 heavy (non-hydrogen) atoms. The molecule has 3 saturated heterocycles. The highest BCUT2D eigenvalue weighted by Gasteiger charge is 2.46. The van der Waals surface area contributed by atoms with Crippen LogP contribution in [0.25, 0.3) is 5.57 Å². The van der Waals surface area contributed by atoms with Gasteiger partial charge in [0.1, 0.15) is 6.04 Å². The second-order valence-electron chi connectivity index (χ2n) is 13.7. The van der Waals surface area contributed by atoms with Gasteiger partial charge in [-0.05, 0) is 78.5 Å². The Morgan fingerprint density at radius 1 is 0.884 bits per heavy atom. The topological polar surface area (TPSA) is 90.0 Å². The molecule has 9 heteroatoms. The number of nitrogens with one attached hydrogen (secondary N) is 1. The van der Waals surface area contributed by atoms with E-state index in [2.05, 4.69) is 41.1 Å². The number of benzene rings is 2. The van der Waals surface area contributed by atoms with E-state index in [1.807, 2.05) is 24.3 Å². The molecule has 5 aliphatic rings. The molecule has 1 unspecified atom stereocenters. The minimum Gasteiger partial charge on any atom is -0.295 e. The van der Waals surface area contributed by atoms with Crippen molar-refractivity contribution in [3.63, 3.8) is 0 Å². The molecule has 4 aliphatic heterocycles. The lowest BCUT2D eigenvalue weighted by Crippen LogP contribution is -2.54. The van der Waals surface area contributed by atoms with Crippen molar-refractivity contribution in [2.75, 3.05) is 19.6 Å². The maximum atomic E-state index is 13.3. The number of likely N-dealkylation sites (tertiary alicyclic amines) is 2. The van der Waals surface area contributed by atoms with Crippen molar-refractivity contribution in [3.05, 3.63) is 75.3 Å². The number of piperazine rings is 1. The molecule has 2 aromatic carbocycles. The summed E-state index contributed by atoms with van der Waals surface area (Å²) in [4.78, 5) is 56.5. The summed E-state index contributed by atoms with van der Waals surface area (Å²) in [6, 6.07) is 13.8. The summed E-state index contributed by atoms with van der Waals surface area (Å²) in [5.41, 5.74) is 6.29. The van der Waals surface area contributed by atoms with Crippen molar-refractivity contribution in [3.8, 4) is 0 Å². The van der Waals surface area contributed by atoms with Gasteiger partial charge in [0.15, 0.2) is 0 Å². The molecule has 2 bridgehead atoms. The predicted molar refractivity (Wildman–Crippen MR) is 163 cm³/mol. The largest absolute Gasteiger partial charge is 0.295 e. The quantitative estimate of drug-likeness (QED) is 0.485. The molecular formula is C34H37ClN4O4. The Kier molecular flexibility index (Phi) is 7.07. The molecule has 8 nitrogen and oxygen atoms in total. The SMILES string of the molecule is CC1(C)CCC(CN2C[C@H]3C[C@@H]2CN3Cc2ccc3c(c2)C(=O)N(C2CCC(=O)NC2=O)C3=O)=C(c2ccc(Cl)cc2)C1. The van der Waals surface area contributed by atoms with Gasteiger partial charge in [-0.3, -0.25) is 39.2 Å². The van der Waals surface area contributed by atoms with Gasteiger partial charge in [-0.15, -0.1) is 0 Å². The van der Waals surface area contributed by atoms with Crippen molar-refractivity contribution >= 4 is 40.8 Å². The predicted octanol–water partition coefficient (Wildman–Crippen LogP) is 4.66. The summed E-state index contributed by atoms with van der Waals surface area (Å²) in [5, 5.41) is 3.02. The first-order valence-electron chi connectivity index (χ1n) is 15.4. The molecule has 0 saturated carbocycles. The van der Waals surface area contributed by atoms with Gasteiger partial charge in [0, 0.05) is 49.7 Å². The third kappa shape index (κ3) is 5.23. The molecule has 3 fully saturated rings. The minimum absolute atomic E-state index is 0.112. The van der Waals surface area contributed by atoms with Crippen LogP contribution in [0.2, 0.25) is 5.02 Å². The van der Waals surface area contributed by atoms with Gasteiger partial charge in [-0.2, -0.15) is 0 Å². The molecule has 224 valence electrons. The number of fused-ring (bicyclic) bond motifs is 3. The number of imide groups is 2. The van der Waals surface area contributed by atoms with Crippen LogP contribution in [0.4, 0.5) is 0 Å². The zero-order chi connectivity index (χ0) is 30.0. The second-order valence-corrected chi connectivity index (χ2v) is 14.1. The van der Waals surface area contributed by atoms with Crippen molar-refractivity contribution in [2.24, 2.45) is 5.41 Å². The number of piperidine rings is 1. The summed E-state index contributed by atoms with van der Waals surface area (Å²) >= 11 is 6.20. The average Bonchev–Trinajstić information content (AvgIpc) is 3.62. The number of hydrogen-bond donors (Lipinski definition) is 1.